The van der Waals surface area contributed by atoms with E-state index < -0.39 is 10.1 Å². The summed E-state index contributed by atoms with van der Waals surface area (Å²) in [4.78, 5) is 0. The highest BCUT2D eigenvalue weighted by molar-refractivity contribution is 7.86. The Kier molecular flexibility index (Phi) is 7.63. The second-order valence-electron chi connectivity index (χ2n) is 2.96. The Bertz CT molecular complexity index is 278. The van der Waals surface area contributed by atoms with E-state index >= 15 is 0 Å². The zero-order valence-corrected chi connectivity index (χ0v) is 10.7. The molecule has 2 N–H and O–H groups in total. The van der Waals surface area contributed by atoms with Crippen molar-refractivity contribution in [1.29, 1.82) is 0 Å². The Labute approximate surface area is 96.7 Å². The van der Waals surface area contributed by atoms with Crippen LogP contribution in [0.15, 0.2) is 0 Å². The number of rotatable bonds is 7. The van der Waals surface area contributed by atoms with Crippen LogP contribution in [0.1, 0.15) is 19.8 Å². The molecule has 0 rings (SSSR count). The summed E-state index contributed by atoms with van der Waals surface area (Å²) < 4.78 is 26.1. The Morgan fingerprint density at radius 2 is 1.93 bits per heavy atom. The monoisotopic (exact) mass is 254 g/mol. The first-order chi connectivity index (χ1) is 7.02. The van der Waals surface area contributed by atoms with Crippen molar-refractivity contribution in [2.75, 3.05) is 26.0 Å². The van der Waals surface area contributed by atoms with Crippen LogP contribution in [0, 0.1) is 0 Å². The van der Waals surface area contributed by atoms with Crippen molar-refractivity contribution >= 4 is 27.4 Å². The first-order valence-electron chi connectivity index (χ1n) is 4.82. The van der Waals surface area contributed by atoms with Gasteiger partial charge in [-0.2, -0.15) is 8.42 Å². The lowest BCUT2D eigenvalue weighted by Gasteiger charge is -2.09. The molecule has 0 aromatic carbocycles. The molecule has 0 saturated carbocycles. The van der Waals surface area contributed by atoms with Crippen LogP contribution in [0.25, 0.3) is 0 Å². The number of nitrogens with one attached hydrogen (secondary N) is 2. The van der Waals surface area contributed by atoms with Crippen molar-refractivity contribution in [2.24, 2.45) is 0 Å². The molecule has 0 spiro atoms. The third kappa shape index (κ3) is 8.59. The summed E-state index contributed by atoms with van der Waals surface area (Å²) in [6, 6.07) is 0. The van der Waals surface area contributed by atoms with E-state index in [0.717, 1.165) is 26.5 Å². The van der Waals surface area contributed by atoms with Crippen LogP contribution in [-0.2, 0) is 14.3 Å². The quantitative estimate of drug-likeness (QED) is 0.385. The van der Waals surface area contributed by atoms with Crippen LogP contribution in [0.4, 0.5) is 0 Å². The number of hydrogen-bond donors (Lipinski definition) is 2. The zero-order valence-electron chi connectivity index (χ0n) is 9.08. The fraction of sp³-hybridized carbons (Fsp3) is 0.875. The Morgan fingerprint density at radius 1 is 1.33 bits per heavy atom. The Balaban J connectivity index is 3.55. The van der Waals surface area contributed by atoms with Crippen LogP contribution in [0.2, 0.25) is 0 Å². The minimum absolute atomic E-state index is 0.0842. The maximum Gasteiger partial charge on any atom is 0.268 e. The standard InChI is InChI=1S/C8H18N2O3S2/c1-3-4-5-9-8(14)10-6-7-15(11,12)13-2/h3-7H2,1-2H3,(H2,9,10,14). The second-order valence-corrected chi connectivity index (χ2v) is 5.23. The summed E-state index contributed by atoms with van der Waals surface area (Å²) in [5.74, 6) is -0.0842. The van der Waals surface area contributed by atoms with Crippen LogP contribution < -0.4 is 10.6 Å². The maximum atomic E-state index is 10.9. The molecule has 0 saturated heterocycles. The summed E-state index contributed by atoms with van der Waals surface area (Å²) in [6.07, 6.45) is 2.13. The third-order valence-corrected chi connectivity index (χ3v) is 3.21. The summed E-state index contributed by atoms with van der Waals surface area (Å²) in [5, 5.41) is 6.25. The van der Waals surface area contributed by atoms with Gasteiger partial charge in [0.15, 0.2) is 5.11 Å². The van der Waals surface area contributed by atoms with Crippen molar-refractivity contribution in [1.82, 2.24) is 10.6 Å². The van der Waals surface area contributed by atoms with E-state index in [0.29, 0.717) is 5.11 Å². The van der Waals surface area contributed by atoms with Gasteiger partial charge in [0.25, 0.3) is 10.1 Å². The SMILES string of the molecule is CCCCNC(=S)NCCS(=O)(=O)OC. The lowest BCUT2D eigenvalue weighted by molar-refractivity contribution is 0.397. The van der Waals surface area contributed by atoms with Crippen LogP contribution in [0.3, 0.4) is 0 Å². The molecule has 15 heavy (non-hydrogen) atoms. The average molecular weight is 254 g/mol. The average Bonchev–Trinajstić information content (AvgIpc) is 2.18. The molecule has 0 fully saturated rings. The molecule has 0 amide bonds. The fourth-order valence-electron chi connectivity index (χ4n) is 0.814. The first-order valence-corrected chi connectivity index (χ1v) is 6.80. The predicted octanol–water partition coefficient (Wildman–Crippen LogP) is 0.227. The van der Waals surface area contributed by atoms with E-state index in [1.54, 1.807) is 0 Å². The van der Waals surface area contributed by atoms with Crippen molar-refractivity contribution in [3.63, 3.8) is 0 Å². The van der Waals surface area contributed by atoms with Crippen LogP contribution in [0.5, 0.6) is 0 Å². The van der Waals surface area contributed by atoms with Gasteiger partial charge in [-0.05, 0) is 18.6 Å². The molecule has 0 bridgehead atoms. The summed E-state index contributed by atoms with van der Waals surface area (Å²) >= 11 is 4.93. The highest BCUT2D eigenvalue weighted by atomic mass is 32.2. The van der Waals surface area contributed by atoms with Crippen molar-refractivity contribution in [3.05, 3.63) is 0 Å². The molecule has 0 aliphatic rings. The van der Waals surface area contributed by atoms with E-state index in [4.69, 9.17) is 12.2 Å². The number of hydrogen-bond acceptors (Lipinski definition) is 4. The molecule has 0 radical (unpaired) electrons. The van der Waals surface area contributed by atoms with Gasteiger partial charge in [-0.25, -0.2) is 0 Å². The predicted molar refractivity (Wildman–Crippen MR) is 64.3 cm³/mol. The highest BCUT2D eigenvalue weighted by Gasteiger charge is 2.07. The lowest BCUT2D eigenvalue weighted by Crippen LogP contribution is -2.38. The molecular formula is C8H18N2O3S2. The molecule has 0 aliphatic carbocycles. The molecular weight excluding hydrogens is 236 g/mol. The van der Waals surface area contributed by atoms with Gasteiger partial charge in [-0.1, -0.05) is 13.3 Å². The van der Waals surface area contributed by atoms with Crippen molar-refractivity contribution < 1.29 is 12.6 Å². The molecule has 0 heterocycles. The molecule has 0 aromatic heterocycles. The largest absolute Gasteiger partial charge is 0.363 e. The maximum absolute atomic E-state index is 10.9. The van der Waals surface area contributed by atoms with E-state index in [1.807, 2.05) is 0 Å². The van der Waals surface area contributed by atoms with Crippen LogP contribution >= 0.6 is 12.2 Å². The van der Waals surface area contributed by atoms with Gasteiger partial charge in [0.05, 0.1) is 12.9 Å². The molecule has 0 atom stereocenters. The van der Waals surface area contributed by atoms with Gasteiger partial charge in [0.1, 0.15) is 0 Å². The zero-order chi connectivity index (χ0) is 11.7. The summed E-state index contributed by atoms with van der Waals surface area (Å²) in [7, 11) is -2.24. The van der Waals surface area contributed by atoms with E-state index in [1.165, 1.54) is 0 Å². The van der Waals surface area contributed by atoms with E-state index in [9.17, 15) is 8.42 Å². The summed E-state index contributed by atoms with van der Waals surface area (Å²) in [5.41, 5.74) is 0. The molecule has 0 aromatic rings. The molecule has 7 heteroatoms. The van der Waals surface area contributed by atoms with Gasteiger partial charge < -0.3 is 10.6 Å². The van der Waals surface area contributed by atoms with Gasteiger partial charge in [-0.15, -0.1) is 0 Å². The molecule has 0 unspecified atom stereocenters. The number of unbranched alkanes of at least 4 members (excludes halogenated alkanes) is 1. The minimum Gasteiger partial charge on any atom is -0.363 e. The summed E-state index contributed by atoms with van der Waals surface area (Å²) in [6.45, 7) is 3.15. The lowest BCUT2D eigenvalue weighted by atomic mass is 10.3. The molecule has 90 valence electrons. The molecule has 5 nitrogen and oxygen atoms in total. The number of thiocarbonyl (C=S) groups is 1. The topological polar surface area (TPSA) is 67.4 Å². The van der Waals surface area contributed by atoms with Crippen molar-refractivity contribution in [3.8, 4) is 0 Å². The van der Waals surface area contributed by atoms with E-state index in [-0.39, 0.29) is 12.3 Å². The molecule has 0 aliphatic heterocycles. The van der Waals surface area contributed by atoms with Crippen LogP contribution in [-0.4, -0.2) is 39.5 Å². The highest BCUT2D eigenvalue weighted by Crippen LogP contribution is 1.87. The fourth-order valence-corrected chi connectivity index (χ4v) is 1.54. The van der Waals surface area contributed by atoms with Gasteiger partial charge in [0.2, 0.25) is 0 Å². The Morgan fingerprint density at radius 3 is 2.47 bits per heavy atom. The second kappa shape index (κ2) is 7.84. The van der Waals surface area contributed by atoms with Gasteiger partial charge >= 0.3 is 0 Å². The van der Waals surface area contributed by atoms with E-state index in [2.05, 4.69) is 21.7 Å². The minimum atomic E-state index is -3.39. The van der Waals surface area contributed by atoms with Gasteiger partial charge in [-0.3, -0.25) is 4.18 Å². The van der Waals surface area contributed by atoms with Crippen molar-refractivity contribution in [2.45, 2.75) is 19.8 Å². The smallest absolute Gasteiger partial charge is 0.268 e. The van der Waals surface area contributed by atoms with Gasteiger partial charge in [0, 0.05) is 13.1 Å². The third-order valence-electron chi connectivity index (χ3n) is 1.71. The normalized spacial score (nSPS) is 11.1. The Hall–Kier alpha value is -0.400. The first kappa shape index (κ1) is 14.6.